The molecule has 1 heterocycles. The minimum absolute atomic E-state index is 0.316. The first-order chi connectivity index (χ1) is 6.83. The number of ether oxygens (including phenoxy) is 2. The third-order valence-corrected chi connectivity index (χ3v) is 1.97. The zero-order valence-electron chi connectivity index (χ0n) is 7.86. The van der Waals surface area contributed by atoms with E-state index in [4.69, 9.17) is 14.7 Å². The largest absolute Gasteiger partial charge is 0.489 e. The van der Waals surface area contributed by atoms with E-state index in [9.17, 15) is 0 Å². The summed E-state index contributed by atoms with van der Waals surface area (Å²) in [5.74, 6) is 0.987. The van der Waals surface area contributed by atoms with Gasteiger partial charge in [0.25, 0.3) is 0 Å². The number of pyridine rings is 1. The normalized spacial score (nSPS) is 14.6. The van der Waals surface area contributed by atoms with Crippen LogP contribution in [0, 0.1) is 11.3 Å². The van der Waals surface area contributed by atoms with Gasteiger partial charge in [-0.1, -0.05) is 0 Å². The molecule has 0 spiro atoms. The van der Waals surface area contributed by atoms with Crippen LogP contribution in [-0.4, -0.2) is 18.2 Å². The molecule has 2 rings (SSSR count). The maximum atomic E-state index is 8.80. The SMILES string of the molecule is COc1ncc(OC2CC2)cc1C#N. The van der Waals surface area contributed by atoms with Gasteiger partial charge in [-0.25, -0.2) is 4.98 Å². The highest BCUT2D eigenvalue weighted by molar-refractivity contribution is 5.42. The Morgan fingerprint density at radius 2 is 2.36 bits per heavy atom. The highest BCUT2D eigenvalue weighted by Crippen LogP contribution is 2.28. The molecule has 0 aliphatic heterocycles. The van der Waals surface area contributed by atoms with Crippen LogP contribution in [0.25, 0.3) is 0 Å². The van der Waals surface area contributed by atoms with Crippen molar-refractivity contribution in [1.29, 1.82) is 5.26 Å². The van der Waals surface area contributed by atoms with E-state index in [0.29, 0.717) is 23.3 Å². The second-order valence-corrected chi connectivity index (χ2v) is 3.16. The number of hydrogen-bond donors (Lipinski definition) is 0. The number of hydrogen-bond acceptors (Lipinski definition) is 4. The molecule has 0 aromatic carbocycles. The van der Waals surface area contributed by atoms with Gasteiger partial charge in [0.1, 0.15) is 17.4 Å². The second-order valence-electron chi connectivity index (χ2n) is 3.16. The fourth-order valence-corrected chi connectivity index (χ4v) is 1.12. The molecule has 72 valence electrons. The van der Waals surface area contributed by atoms with Crippen molar-refractivity contribution in [2.75, 3.05) is 7.11 Å². The molecule has 0 N–H and O–H groups in total. The van der Waals surface area contributed by atoms with E-state index in [1.165, 1.54) is 7.11 Å². The molecule has 4 heteroatoms. The first kappa shape index (κ1) is 8.82. The molecule has 0 radical (unpaired) electrons. The van der Waals surface area contributed by atoms with Gasteiger partial charge in [0.15, 0.2) is 0 Å². The van der Waals surface area contributed by atoms with Gasteiger partial charge in [-0.3, -0.25) is 0 Å². The Kier molecular flexibility index (Phi) is 2.23. The summed E-state index contributed by atoms with van der Waals surface area (Å²) < 4.78 is 10.4. The Morgan fingerprint density at radius 1 is 1.57 bits per heavy atom. The summed E-state index contributed by atoms with van der Waals surface area (Å²) in [6, 6.07) is 3.67. The lowest BCUT2D eigenvalue weighted by molar-refractivity contribution is 0.300. The van der Waals surface area contributed by atoms with E-state index in [0.717, 1.165) is 12.8 Å². The Labute approximate surface area is 82.1 Å². The van der Waals surface area contributed by atoms with Crippen LogP contribution >= 0.6 is 0 Å². The second kappa shape index (κ2) is 3.54. The van der Waals surface area contributed by atoms with E-state index in [1.807, 2.05) is 6.07 Å². The summed E-state index contributed by atoms with van der Waals surface area (Å²) in [4.78, 5) is 3.98. The van der Waals surface area contributed by atoms with Crippen LogP contribution < -0.4 is 9.47 Å². The van der Waals surface area contributed by atoms with Crippen LogP contribution in [0.5, 0.6) is 11.6 Å². The molecule has 0 saturated heterocycles. The lowest BCUT2D eigenvalue weighted by Gasteiger charge is -2.05. The van der Waals surface area contributed by atoms with E-state index in [2.05, 4.69) is 4.98 Å². The van der Waals surface area contributed by atoms with Crippen LogP contribution in [0.3, 0.4) is 0 Å². The van der Waals surface area contributed by atoms with Crippen molar-refractivity contribution >= 4 is 0 Å². The van der Waals surface area contributed by atoms with Crippen LogP contribution in [-0.2, 0) is 0 Å². The number of nitriles is 1. The summed E-state index contributed by atoms with van der Waals surface area (Å²) >= 11 is 0. The molecule has 1 saturated carbocycles. The minimum atomic E-state index is 0.316. The third-order valence-electron chi connectivity index (χ3n) is 1.97. The topological polar surface area (TPSA) is 55.1 Å². The molecule has 0 amide bonds. The van der Waals surface area contributed by atoms with Crippen LogP contribution in [0.2, 0.25) is 0 Å². The van der Waals surface area contributed by atoms with Crippen molar-refractivity contribution in [1.82, 2.24) is 4.98 Å². The molecule has 0 atom stereocenters. The molecule has 1 aromatic rings. The van der Waals surface area contributed by atoms with Crippen molar-refractivity contribution in [3.63, 3.8) is 0 Å². The monoisotopic (exact) mass is 190 g/mol. The molecule has 4 nitrogen and oxygen atoms in total. The van der Waals surface area contributed by atoms with Gasteiger partial charge in [0, 0.05) is 6.07 Å². The number of rotatable bonds is 3. The van der Waals surface area contributed by atoms with Crippen molar-refractivity contribution < 1.29 is 9.47 Å². The van der Waals surface area contributed by atoms with Crippen molar-refractivity contribution in [2.45, 2.75) is 18.9 Å². The predicted octanol–water partition coefficient (Wildman–Crippen LogP) is 1.50. The first-order valence-corrected chi connectivity index (χ1v) is 4.44. The summed E-state index contributed by atoms with van der Waals surface area (Å²) in [7, 11) is 1.49. The van der Waals surface area contributed by atoms with Gasteiger partial charge in [0.05, 0.1) is 19.4 Å². The van der Waals surface area contributed by atoms with E-state index in [-0.39, 0.29) is 0 Å². The number of aromatic nitrogens is 1. The maximum Gasteiger partial charge on any atom is 0.231 e. The van der Waals surface area contributed by atoms with Crippen molar-refractivity contribution in [2.24, 2.45) is 0 Å². The third kappa shape index (κ3) is 1.77. The quantitative estimate of drug-likeness (QED) is 0.724. The molecule has 0 bridgehead atoms. The van der Waals surface area contributed by atoms with Crippen molar-refractivity contribution in [3.8, 4) is 17.7 Å². The fourth-order valence-electron chi connectivity index (χ4n) is 1.12. The Morgan fingerprint density at radius 3 is 2.93 bits per heavy atom. The van der Waals surface area contributed by atoms with Gasteiger partial charge in [-0.15, -0.1) is 0 Å². The van der Waals surface area contributed by atoms with Gasteiger partial charge in [0.2, 0.25) is 5.88 Å². The molecule has 14 heavy (non-hydrogen) atoms. The van der Waals surface area contributed by atoms with Crippen LogP contribution in [0.15, 0.2) is 12.3 Å². The predicted molar refractivity (Wildman–Crippen MR) is 49.2 cm³/mol. The lowest BCUT2D eigenvalue weighted by atomic mass is 10.3. The Balaban J connectivity index is 2.22. The van der Waals surface area contributed by atoms with Gasteiger partial charge >= 0.3 is 0 Å². The van der Waals surface area contributed by atoms with Crippen LogP contribution in [0.4, 0.5) is 0 Å². The fraction of sp³-hybridized carbons (Fsp3) is 0.400. The van der Waals surface area contributed by atoms with Crippen molar-refractivity contribution in [3.05, 3.63) is 17.8 Å². The lowest BCUT2D eigenvalue weighted by Crippen LogP contribution is -1.98. The molecular weight excluding hydrogens is 180 g/mol. The maximum absolute atomic E-state index is 8.80. The molecular formula is C10H10N2O2. The minimum Gasteiger partial charge on any atom is -0.489 e. The van der Waals surface area contributed by atoms with Gasteiger partial charge in [-0.2, -0.15) is 5.26 Å². The first-order valence-electron chi connectivity index (χ1n) is 4.44. The molecule has 1 aliphatic rings. The van der Waals surface area contributed by atoms with Gasteiger partial charge in [-0.05, 0) is 12.8 Å². The standard InChI is InChI=1S/C10H10N2O2/c1-13-10-7(5-11)4-9(6-12-10)14-8-2-3-8/h4,6,8H,2-3H2,1H3. The summed E-state index contributed by atoms with van der Waals surface area (Å²) in [6.45, 7) is 0. The Bertz CT molecular complexity index is 380. The Hall–Kier alpha value is -1.76. The van der Waals surface area contributed by atoms with E-state index in [1.54, 1.807) is 12.3 Å². The van der Waals surface area contributed by atoms with E-state index < -0.39 is 0 Å². The zero-order valence-corrected chi connectivity index (χ0v) is 7.86. The van der Waals surface area contributed by atoms with E-state index >= 15 is 0 Å². The highest BCUT2D eigenvalue weighted by Gasteiger charge is 2.23. The summed E-state index contributed by atoms with van der Waals surface area (Å²) in [5.41, 5.74) is 0.408. The van der Waals surface area contributed by atoms with Crippen LogP contribution in [0.1, 0.15) is 18.4 Å². The smallest absolute Gasteiger partial charge is 0.231 e. The molecule has 1 fully saturated rings. The molecule has 1 aliphatic carbocycles. The highest BCUT2D eigenvalue weighted by atomic mass is 16.5. The summed E-state index contributed by atoms with van der Waals surface area (Å²) in [5, 5.41) is 8.80. The zero-order chi connectivity index (χ0) is 9.97. The number of methoxy groups -OCH3 is 1. The average molecular weight is 190 g/mol. The average Bonchev–Trinajstić information content (AvgIpc) is 3.01. The summed E-state index contributed by atoms with van der Waals surface area (Å²) in [6.07, 6.45) is 4.08. The molecule has 1 aromatic heterocycles. The van der Waals surface area contributed by atoms with Gasteiger partial charge < -0.3 is 9.47 Å². The molecule has 0 unspecified atom stereocenters. The number of nitrogens with zero attached hydrogens (tertiary/aromatic N) is 2.